The van der Waals surface area contributed by atoms with Crippen molar-refractivity contribution in [2.45, 2.75) is 19.4 Å². The van der Waals surface area contributed by atoms with Crippen molar-refractivity contribution < 1.29 is 14.3 Å². The molecule has 0 radical (unpaired) electrons. The van der Waals surface area contributed by atoms with Crippen molar-refractivity contribution in [1.29, 1.82) is 0 Å². The summed E-state index contributed by atoms with van der Waals surface area (Å²) in [6.07, 6.45) is 1.83. The number of hydrogen-bond donors (Lipinski definition) is 2. The van der Waals surface area contributed by atoms with E-state index in [1.165, 1.54) is 0 Å². The lowest BCUT2D eigenvalue weighted by molar-refractivity contribution is -0.125. The Morgan fingerprint density at radius 3 is 2.38 bits per heavy atom. The van der Waals surface area contributed by atoms with Crippen molar-refractivity contribution in [2.24, 2.45) is 5.92 Å². The van der Waals surface area contributed by atoms with E-state index in [4.69, 9.17) is 9.47 Å². The van der Waals surface area contributed by atoms with Crippen LogP contribution >= 0.6 is 12.4 Å². The maximum absolute atomic E-state index is 12.2. The first-order chi connectivity index (χ1) is 12.3. The van der Waals surface area contributed by atoms with E-state index in [2.05, 4.69) is 10.6 Å². The highest BCUT2D eigenvalue weighted by molar-refractivity contribution is 5.85. The molecule has 0 saturated carbocycles. The van der Waals surface area contributed by atoms with Gasteiger partial charge in [-0.25, -0.2) is 0 Å². The van der Waals surface area contributed by atoms with E-state index < -0.39 is 0 Å². The van der Waals surface area contributed by atoms with Crippen LogP contribution in [0.25, 0.3) is 0 Å². The number of halogens is 1. The molecule has 140 valence electrons. The fourth-order valence-corrected chi connectivity index (χ4v) is 2.92. The number of rotatable bonds is 6. The number of nitrogens with one attached hydrogen (secondary N) is 2. The average molecular weight is 377 g/mol. The van der Waals surface area contributed by atoms with Crippen LogP contribution in [0.4, 0.5) is 0 Å². The first-order valence-electron chi connectivity index (χ1n) is 8.64. The smallest absolute Gasteiger partial charge is 0.223 e. The molecule has 1 aliphatic heterocycles. The SMILES string of the molecule is COc1ccccc1Oc1ccc(CNC(=O)C2CCNCC2)cc1.Cl. The zero-order valence-electron chi connectivity index (χ0n) is 14.9. The number of methoxy groups -OCH3 is 1. The van der Waals surface area contributed by atoms with E-state index in [1.54, 1.807) is 7.11 Å². The van der Waals surface area contributed by atoms with Crippen molar-refractivity contribution in [2.75, 3.05) is 20.2 Å². The highest BCUT2D eigenvalue weighted by atomic mass is 35.5. The molecular formula is C20H25ClN2O3. The molecule has 0 aliphatic carbocycles. The summed E-state index contributed by atoms with van der Waals surface area (Å²) in [5.41, 5.74) is 1.05. The van der Waals surface area contributed by atoms with Gasteiger partial charge >= 0.3 is 0 Å². The van der Waals surface area contributed by atoms with Crippen molar-refractivity contribution in [3.63, 3.8) is 0 Å². The molecular weight excluding hydrogens is 352 g/mol. The Labute approximate surface area is 160 Å². The van der Waals surface area contributed by atoms with Gasteiger partial charge in [0.15, 0.2) is 11.5 Å². The van der Waals surface area contributed by atoms with Crippen LogP contribution in [0.15, 0.2) is 48.5 Å². The number of carbonyl (C=O) groups is 1. The Hall–Kier alpha value is -2.24. The van der Waals surface area contributed by atoms with Crippen LogP contribution in [-0.4, -0.2) is 26.1 Å². The topological polar surface area (TPSA) is 59.6 Å². The molecule has 0 aromatic heterocycles. The first kappa shape index (κ1) is 20.1. The van der Waals surface area contributed by atoms with Gasteiger partial charge in [-0.1, -0.05) is 24.3 Å². The molecule has 2 aromatic carbocycles. The molecule has 0 bridgehead atoms. The number of carbonyl (C=O) groups excluding carboxylic acids is 1. The van der Waals surface area contributed by atoms with Gasteiger partial charge in [0.05, 0.1) is 7.11 Å². The quantitative estimate of drug-likeness (QED) is 0.809. The Morgan fingerprint density at radius 2 is 1.73 bits per heavy atom. The van der Waals surface area contributed by atoms with E-state index in [0.717, 1.165) is 37.2 Å². The monoisotopic (exact) mass is 376 g/mol. The lowest BCUT2D eigenvalue weighted by atomic mass is 9.97. The Bertz CT molecular complexity index is 700. The number of benzene rings is 2. The lowest BCUT2D eigenvalue weighted by Gasteiger charge is -2.21. The maximum atomic E-state index is 12.2. The van der Waals surface area contributed by atoms with Crippen molar-refractivity contribution >= 4 is 18.3 Å². The molecule has 0 atom stereocenters. The third kappa shape index (κ3) is 5.38. The van der Waals surface area contributed by atoms with E-state index in [1.807, 2.05) is 48.5 Å². The van der Waals surface area contributed by atoms with Crippen molar-refractivity contribution in [3.8, 4) is 17.2 Å². The molecule has 1 saturated heterocycles. The predicted octanol–water partition coefficient (Wildman–Crippen LogP) is 3.53. The summed E-state index contributed by atoms with van der Waals surface area (Å²) in [5, 5.41) is 6.30. The summed E-state index contributed by atoms with van der Waals surface area (Å²) in [7, 11) is 1.62. The summed E-state index contributed by atoms with van der Waals surface area (Å²) in [4.78, 5) is 12.2. The molecule has 2 aromatic rings. The summed E-state index contributed by atoms with van der Waals surface area (Å²) in [6, 6.07) is 15.3. The second-order valence-corrected chi connectivity index (χ2v) is 6.14. The van der Waals surface area contributed by atoms with Crippen LogP contribution in [0, 0.1) is 5.92 Å². The fraction of sp³-hybridized carbons (Fsp3) is 0.350. The van der Waals surface area contributed by atoms with Gasteiger partial charge in [-0.3, -0.25) is 4.79 Å². The van der Waals surface area contributed by atoms with Gasteiger partial charge in [0, 0.05) is 12.5 Å². The zero-order valence-corrected chi connectivity index (χ0v) is 15.7. The fourth-order valence-electron chi connectivity index (χ4n) is 2.92. The number of piperidine rings is 1. The predicted molar refractivity (Wildman–Crippen MR) is 104 cm³/mol. The highest BCUT2D eigenvalue weighted by Gasteiger charge is 2.20. The second kappa shape index (κ2) is 10.0. The molecule has 1 aliphatic rings. The molecule has 2 N–H and O–H groups in total. The Balaban J connectivity index is 0.00000243. The molecule has 1 amide bonds. The van der Waals surface area contributed by atoms with E-state index >= 15 is 0 Å². The van der Waals surface area contributed by atoms with Gasteiger partial charge in [-0.2, -0.15) is 0 Å². The molecule has 3 rings (SSSR count). The van der Waals surface area contributed by atoms with E-state index in [9.17, 15) is 4.79 Å². The normalized spacial score (nSPS) is 14.2. The van der Waals surface area contributed by atoms with Crippen LogP contribution in [0.1, 0.15) is 18.4 Å². The number of para-hydroxylation sites is 2. The molecule has 26 heavy (non-hydrogen) atoms. The number of ether oxygens (including phenoxy) is 2. The van der Waals surface area contributed by atoms with Crippen LogP contribution in [0.3, 0.4) is 0 Å². The molecule has 5 nitrogen and oxygen atoms in total. The van der Waals surface area contributed by atoms with Gasteiger partial charge in [-0.05, 0) is 55.8 Å². The van der Waals surface area contributed by atoms with Gasteiger partial charge < -0.3 is 20.1 Å². The summed E-state index contributed by atoms with van der Waals surface area (Å²) in [6.45, 7) is 2.39. The zero-order chi connectivity index (χ0) is 17.5. The average Bonchev–Trinajstić information content (AvgIpc) is 2.68. The van der Waals surface area contributed by atoms with Gasteiger partial charge in [0.2, 0.25) is 5.91 Å². The minimum atomic E-state index is 0. The second-order valence-electron chi connectivity index (χ2n) is 6.14. The minimum absolute atomic E-state index is 0. The summed E-state index contributed by atoms with van der Waals surface area (Å²) in [5.74, 6) is 2.39. The van der Waals surface area contributed by atoms with Crippen LogP contribution in [0.5, 0.6) is 17.2 Å². The van der Waals surface area contributed by atoms with Crippen molar-refractivity contribution in [3.05, 3.63) is 54.1 Å². The van der Waals surface area contributed by atoms with E-state index in [-0.39, 0.29) is 24.2 Å². The molecule has 0 spiro atoms. The Kier molecular flexibility index (Phi) is 7.75. The number of amides is 1. The molecule has 0 unspecified atom stereocenters. The summed E-state index contributed by atoms with van der Waals surface area (Å²) >= 11 is 0. The standard InChI is InChI=1S/C20H24N2O3.ClH/c1-24-18-4-2-3-5-19(18)25-17-8-6-15(7-9-17)14-22-20(23)16-10-12-21-13-11-16;/h2-9,16,21H,10-14H2,1H3,(H,22,23);1H. The molecule has 6 heteroatoms. The maximum Gasteiger partial charge on any atom is 0.223 e. The minimum Gasteiger partial charge on any atom is -0.493 e. The lowest BCUT2D eigenvalue weighted by Crippen LogP contribution is -2.37. The van der Waals surface area contributed by atoms with Crippen LogP contribution in [0.2, 0.25) is 0 Å². The van der Waals surface area contributed by atoms with Gasteiger partial charge in [-0.15, -0.1) is 12.4 Å². The summed E-state index contributed by atoms with van der Waals surface area (Å²) < 4.78 is 11.1. The first-order valence-corrected chi connectivity index (χ1v) is 8.64. The third-order valence-corrected chi connectivity index (χ3v) is 4.40. The third-order valence-electron chi connectivity index (χ3n) is 4.40. The van der Waals surface area contributed by atoms with Gasteiger partial charge in [0.1, 0.15) is 5.75 Å². The van der Waals surface area contributed by atoms with Crippen LogP contribution < -0.4 is 20.1 Å². The highest BCUT2D eigenvalue weighted by Crippen LogP contribution is 2.30. The van der Waals surface area contributed by atoms with E-state index in [0.29, 0.717) is 18.0 Å². The number of hydrogen-bond acceptors (Lipinski definition) is 4. The van der Waals surface area contributed by atoms with Crippen molar-refractivity contribution in [1.82, 2.24) is 10.6 Å². The molecule has 1 fully saturated rings. The molecule has 1 heterocycles. The Morgan fingerprint density at radius 1 is 1.08 bits per heavy atom. The van der Waals surface area contributed by atoms with Gasteiger partial charge in [0.25, 0.3) is 0 Å². The largest absolute Gasteiger partial charge is 0.493 e. The van der Waals surface area contributed by atoms with Crippen LogP contribution in [-0.2, 0) is 11.3 Å².